The van der Waals surface area contributed by atoms with Crippen LogP contribution in [0.1, 0.15) is 48.1 Å². The van der Waals surface area contributed by atoms with Crippen LogP contribution in [0.4, 0.5) is 5.95 Å². The molecule has 28 heavy (non-hydrogen) atoms. The maximum Gasteiger partial charge on any atom is 0.290 e. The number of amides is 1. The number of carbonyl (C=O) groups excluding carboxylic acids is 1. The molecule has 0 unspecified atom stereocenters. The Morgan fingerprint density at radius 2 is 1.75 bits per heavy atom. The molecule has 0 saturated heterocycles. The van der Waals surface area contributed by atoms with Gasteiger partial charge in [-0.3, -0.25) is 20.4 Å². The fraction of sp³-hybridized carbons (Fsp3) is 0.350. The van der Waals surface area contributed by atoms with E-state index in [4.69, 9.17) is 0 Å². The molecule has 0 fully saturated rings. The Labute approximate surface area is 163 Å². The molecule has 1 aromatic carbocycles. The van der Waals surface area contributed by atoms with Crippen molar-refractivity contribution < 1.29 is 4.79 Å². The van der Waals surface area contributed by atoms with E-state index in [0.717, 1.165) is 30.7 Å². The molecule has 3 rings (SSSR count). The smallest absolute Gasteiger partial charge is 0.267 e. The zero-order chi connectivity index (χ0) is 20.1. The maximum atomic E-state index is 12.8. The van der Waals surface area contributed by atoms with Gasteiger partial charge < -0.3 is 0 Å². The molecule has 1 amide bonds. The molecule has 0 aliphatic carbocycles. The predicted octanol–water partition coefficient (Wildman–Crippen LogP) is 2.75. The van der Waals surface area contributed by atoms with E-state index in [1.54, 1.807) is 24.3 Å². The van der Waals surface area contributed by atoms with Gasteiger partial charge in [-0.1, -0.05) is 38.0 Å². The number of hydrogen-bond acceptors (Lipinski definition) is 6. The summed E-state index contributed by atoms with van der Waals surface area (Å²) in [6.07, 6.45) is 2.86. The monoisotopic (exact) mass is 380 g/mol. The number of nitrogens with one attached hydrogen (secondary N) is 2. The van der Waals surface area contributed by atoms with Crippen LogP contribution < -0.4 is 16.4 Å². The van der Waals surface area contributed by atoms with Gasteiger partial charge in [0.15, 0.2) is 5.69 Å². The summed E-state index contributed by atoms with van der Waals surface area (Å²) in [6, 6.07) is 8.84. The number of fused-ring (bicyclic) bond motifs is 1. The first-order chi connectivity index (χ1) is 13.5. The highest BCUT2D eigenvalue weighted by Crippen LogP contribution is 2.14. The Balaban J connectivity index is 1.90. The number of anilines is 1. The highest BCUT2D eigenvalue weighted by atomic mass is 16.2. The third-order valence-electron chi connectivity index (χ3n) is 4.33. The van der Waals surface area contributed by atoms with Crippen molar-refractivity contribution in [1.29, 1.82) is 0 Å². The number of benzene rings is 1. The number of rotatable bonds is 7. The van der Waals surface area contributed by atoms with Gasteiger partial charge in [0.1, 0.15) is 0 Å². The fourth-order valence-electron chi connectivity index (χ4n) is 3.02. The molecule has 3 aromatic rings. The molecular weight excluding hydrogens is 356 g/mol. The van der Waals surface area contributed by atoms with E-state index in [1.807, 2.05) is 19.9 Å². The molecule has 0 spiro atoms. The predicted molar refractivity (Wildman–Crippen MR) is 108 cm³/mol. The van der Waals surface area contributed by atoms with E-state index in [-0.39, 0.29) is 11.3 Å². The van der Waals surface area contributed by atoms with Crippen molar-refractivity contribution in [2.45, 2.75) is 46.6 Å². The van der Waals surface area contributed by atoms with Crippen molar-refractivity contribution in [2.75, 3.05) is 5.43 Å². The van der Waals surface area contributed by atoms with Crippen LogP contribution in [-0.4, -0.2) is 25.7 Å². The summed E-state index contributed by atoms with van der Waals surface area (Å²) in [4.78, 5) is 33.9. The number of unbranched alkanes of at least 4 members (excludes halogenated alkanes) is 2. The number of carbonyl (C=O) groups is 1. The first kappa shape index (κ1) is 19.5. The van der Waals surface area contributed by atoms with Gasteiger partial charge in [0, 0.05) is 23.3 Å². The van der Waals surface area contributed by atoms with E-state index >= 15 is 0 Å². The molecule has 8 nitrogen and oxygen atoms in total. The van der Waals surface area contributed by atoms with Crippen molar-refractivity contribution >= 4 is 22.6 Å². The summed E-state index contributed by atoms with van der Waals surface area (Å²) in [7, 11) is 0. The van der Waals surface area contributed by atoms with E-state index in [0.29, 0.717) is 23.3 Å². The number of aryl methyl sites for hydroxylation is 3. The van der Waals surface area contributed by atoms with Crippen molar-refractivity contribution in [3.63, 3.8) is 0 Å². The zero-order valence-corrected chi connectivity index (χ0v) is 16.3. The van der Waals surface area contributed by atoms with Crippen LogP contribution >= 0.6 is 0 Å². The molecule has 0 radical (unpaired) electrons. The number of nitrogens with zero attached hydrogens (tertiary/aromatic N) is 4. The summed E-state index contributed by atoms with van der Waals surface area (Å²) in [5.41, 5.74) is 6.89. The molecule has 0 atom stereocenters. The van der Waals surface area contributed by atoms with E-state index in [1.165, 1.54) is 4.68 Å². The van der Waals surface area contributed by atoms with Crippen molar-refractivity contribution in [3.8, 4) is 0 Å². The minimum atomic E-state index is -0.455. The van der Waals surface area contributed by atoms with Crippen LogP contribution in [0.5, 0.6) is 0 Å². The maximum absolute atomic E-state index is 12.8. The Bertz CT molecular complexity index is 1040. The van der Waals surface area contributed by atoms with Gasteiger partial charge in [-0.05, 0) is 32.4 Å². The Hall–Kier alpha value is -3.29. The van der Waals surface area contributed by atoms with E-state index in [2.05, 4.69) is 32.8 Å². The molecule has 2 N–H and O–H groups in total. The van der Waals surface area contributed by atoms with Crippen LogP contribution in [-0.2, 0) is 6.54 Å². The van der Waals surface area contributed by atoms with Crippen LogP contribution in [0.2, 0.25) is 0 Å². The third kappa shape index (κ3) is 4.33. The molecule has 0 saturated carbocycles. The summed E-state index contributed by atoms with van der Waals surface area (Å²) in [6.45, 7) is 6.27. The number of hydrogen-bond donors (Lipinski definition) is 2. The molecule has 2 aromatic heterocycles. The molecule has 146 valence electrons. The zero-order valence-electron chi connectivity index (χ0n) is 16.3. The number of hydrazine groups is 1. The fourth-order valence-corrected chi connectivity index (χ4v) is 3.02. The first-order valence-corrected chi connectivity index (χ1v) is 9.38. The summed E-state index contributed by atoms with van der Waals surface area (Å²) in [5.74, 6) is -0.158. The SMILES string of the molecule is CCCCCn1nc(C(=O)NNc2nc(C)cc(C)n2)c2ccccc2c1=O. The van der Waals surface area contributed by atoms with Gasteiger partial charge in [-0.15, -0.1) is 0 Å². The quantitative estimate of drug-likeness (QED) is 0.483. The Morgan fingerprint density at radius 3 is 2.43 bits per heavy atom. The number of aromatic nitrogens is 4. The molecule has 8 heteroatoms. The van der Waals surface area contributed by atoms with Crippen molar-refractivity contribution in [2.24, 2.45) is 0 Å². The normalized spacial score (nSPS) is 10.8. The summed E-state index contributed by atoms with van der Waals surface area (Å²) in [5, 5.41) is 5.32. The van der Waals surface area contributed by atoms with E-state index in [9.17, 15) is 9.59 Å². The lowest BCUT2D eigenvalue weighted by Crippen LogP contribution is -2.34. The average Bonchev–Trinajstić information content (AvgIpc) is 2.67. The minimum absolute atomic E-state index is 0.184. The van der Waals surface area contributed by atoms with Gasteiger partial charge in [-0.25, -0.2) is 14.6 Å². The second kappa shape index (κ2) is 8.60. The third-order valence-corrected chi connectivity index (χ3v) is 4.33. The van der Waals surface area contributed by atoms with Gasteiger partial charge in [0.2, 0.25) is 5.95 Å². The largest absolute Gasteiger partial charge is 0.290 e. The van der Waals surface area contributed by atoms with Gasteiger partial charge in [0.05, 0.1) is 5.39 Å². The van der Waals surface area contributed by atoms with Crippen LogP contribution in [0.3, 0.4) is 0 Å². The lowest BCUT2D eigenvalue weighted by molar-refractivity contribution is 0.0956. The lowest BCUT2D eigenvalue weighted by Gasteiger charge is -2.12. The topological polar surface area (TPSA) is 102 Å². The average molecular weight is 380 g/mol. The van der Waals surface area contributed by atoms with Gasteiger partial charge in [-0.2, -0.15) is 5.10 Å². The second-order valence-electron chi connectivity index (χ2n) is 6.68. The second-order valence-corrected chi connectivity index (χ2v) is 6.68. The Kier molecular flexibility index (Phi) is 5.98. The summed E-state index contributed by atoms with van der Waals surface area (Å²) >= 11 is 0. The van der Waals surface area contributed by atoms with Gasteiger partial charge >= 0.3 is 0 Å². The molecule has 0 aliphatic heterocycles. The van der Waals surface area contributed by atoms with E-state index < -0.39 is 5.91 Å². The van der Waals surface area contributed by atoms with Crippen molar-refractivity contribution in [3.05, 3.63) is 57.8 Å². The Morgan fingerprint density at radius 1 is 1.07 bits per heavy atom. The molecular formula is C20H24N6O2. The minimum Gasteiger partial charge on any atom is -0.267 e. The highest BCUT2D eigenvalue weighted by molar-refractivity contribution is 6.05. The molecule has 0 bridgehead atoms. The molecule has 0 aliphatic rings. The lowest BCUT2D eigenvalue weighted by atomic mass is 10.1. The summed E-state index contributed by atoms with van der Waals surface area (Å²) < 4.78 is 1.38. The van der Waals surface area contributed by atoms with Gasteiger partial charge in [0.25, 0.3) is 11.5 Å². The van der Waals surface area contributed by atoms with Crippen molar-refractivity contribution in [1.82, 2.24) is 25.2 Å². The standard InChI is InChI=1S/C20H24N6O2/c1-4-5-8-11-26-19(28)16-10-7-6-9-15(16)17(25-26)18(27)23-24-20-21-13(2)12-14(3)22-20/h6-7,9-10,12H,4-5,8,11H2,1-3H3,(H,23,27)(H,21,22,24). The first-order valence-electron chi connectivity index (χ1n) is 9.38. The van der Waals surface area contributed by atoms with Crippen LogP contribution in [0.25, 0.3) is 10.8 Å². The molecule has 2 heterocycles. The van der Waals surface area contributed by atoms with Crippen LogP contribution in [0, 0.1) is 13.8 Å². The highest BCUT2D eigenvalue weighted by Gasteiger charge is 2.16. The van der Waals surface area contributed by atoms with Crippen LogP contribution in [0.15, 0.2) is 35.1 Å².